The van der Waals surface area contributed by atoms with Crippen molar-refractivity contribution >= 4 is 61.4 Å². The topological polar surface area (TPSA) is 172 Å². The van der Waals surface area contributed by atoms with E-state index in [1.54, 1.807) is 0 Å². The quantitative estimate of drug-likeness (QED) is 0.248. The van der Waals surface area contributed by atoms with Crippen LogP contribution in [-0.2, 0) is 25.9 Å². The van der Waals surface area contributed by atoms with Gasteiger partial charge in [-0.3, -0.25) is 4.55 Å². The highest BCUT2D eigenvalue weighted by atomic mass is 79.9. The van der Waals surface area contributed by atoms with Crippen LogP contribution in [0.1, 0.15) is 19.3 Å². The van der Waals surface area contributed by atoms with E-state index in [2.05, 4.69) is 30.1 Å². The number of halogens is 1. The predicted octanol–water partition coefficient (Wildman–Crippen LogP) is 2.54. The fraction of sp³-hybridized carbons (Fsp3) is 0.455. The lowest BCUT2D eigenvalue weighted by Crippen LogP contribution is -2.41. The highest BCUT2D eigenvalue weighted by Gasteiger charge is 2.26. The zero-order valence-corrected chi connectivity index (χ0v) is 23.2. The number of nitrogen functional groups attached to an aromatic ring is 1. The average molecular weight is 630 g/mol. The van der Waals surface area contributed by atoms with Gasteiger partial charge in [-0.15, -0.1) is 0 Å². The molecule has 4 heterocycles. The Balaban J connectivity index is 1.27. The Kier molecular flexibility index (Phi) is 8.06. The van der Waals surface area contributed by atoms with E-state index in [9.17, 15) is 13.2 Å². The van der Waals surface area contributed by atoms with E-state index in [1.165, 1.54) is 18.1 Å². The van der Waals surface area contributed by atoms with Gasteiger partial charge in [-0.1, -0.05) is 11.8 Å². The largest absolute Gasteiger partial charge is 0.454 e. The molecular weight excluding hydrogens is 604 g/mol. The summed E-state index contributed by atoms with van der Waals surface area (Å²) in [5.41, 5.74) is 7.30. The number of ether oxygens (including phenoxy) is 2. The SMILES string of the molecule is Nc1ncnc2c1nc(Sc1cc3c(cc1Br)OCO3)n2CCC1CCN(C[C@@H](C=O)OS(=O)(=O)O)CC1. The van der Waals surface area contributed by atoms with Crippen molar-refractivity contribution in [2.24, 2.45) is 5.92 Å². The molecule has 0 amide bonds. The zero-order valence-electron chi connectivity index (χ0n) is 20.0. The lowest BCUT2D eigenvalue weighted by atomic mass is 9.93. The van der Waals surface area contributed by atoms with Crippen LogP contribution < -0.4 is 15.2 Å². The summed E-state index contributed by atoms with van der Waals surface area (Å²) in [5, 5.41) is 0.723. The van der Waals surface area contributed by atoms with Crippen LogP contribution in [0.25, 0.3) is 11.2 Å². The maximum Gasteiger partial charge on any atom is 0.398 e. The molecule has 0 saturated carbocycles. The molecule has 13 nitrogen and oxygen atoms in total. The number of nitrogens with two attached hydrogens (primary N) is 1. The number of rotatable bonds is 10. The number of hydrogen-bond acceptors (Lipinski definition) is 12. The van der Waals surface area contributed by atoms with Crippen molar-refractivity contribution < 1.29 is 31.4 Å². The van der Waals surface area contributed by atoms with Crippen LogP contribution in [0.5, 0.6) is 11.5 Å². The van der Waals surface area contributed by atoms with E-state index in [0.29, 0.717) is 60.3 Å². The van der Waals surface area contributed by atoms with Gasteiger partial charge in [0.05, 0.1) is 0 Å². The predicted molar refractivity (Wildman–Crippen MR) is 140 cm³/mol. The second kappa shape index (κ2) is 11.3. The van der Waals surface area contributed by atoms with Crippen LogP contribution in [0.3, 0.4) is 0 Å². The van der Waals surface area contributed by atoms with Crippen LogP contribution in [0, 0.1) is 5.92 Å². The molecule has 0 unspecified atom stereocenters. The van der Waals surface area contributed by atoms with Gasteiger partial charge in [0.1, 0.15) is 12.4 Å². The smallest absolute Gasteiger partial charge is 0.398 e. The molecule has 0 bridgehead atoms. The summed E-state index contributed by atoms with van der Waals surface area (Å²) in [6.45, 7) is 2.29. The van der Waals surface area contributed by atoms with Crippen molar-refractivity contribution in [2.45, 2.75) is 42.0 Å². The molecule has 5 rings (SSSR count). The van der Waals surface area contributed by atoms with Crippen molar-refractivity contribution in [3.05, 3.63) is 22.9 Å². The molecule has 204 valence electrons. The number of carbonyl (C=O) groups excluding carboxylic acids is 1. The summed E-state index contributed by atoms with van der Waals surface area (Å²) >= 11 is 5.07. The number of likely N-dealkylation sites (tertiary alicyclic amines) is 1. The molecular formula is C22H25BrN6O7S2. The van der Waals surface area contributed by atoms with Gasteiger partial charge in [-0.25, -0.2) is 19.1 Å². The lowest BCUT2D eigenvalue weighted by Gasteiger charge is -2.32. The summed E-state index contributed by atoms with van der Waals surface area (Å²) in [7, 11) is -4.69. The third-order valence-corrected chi connectivity index (χ3v) is 8.92. The van der Waals surface area contributed by atoms with E-state index in [1.807, 2.05) is 21.6 Å². The molecule has 0 spiro atoms. The van der Waals surface area contributed by atoms with Gasteiger partial charge >= 0.3 is 10.4 Å². The van der Waals surface area contributed by atoms with Gasteiger partial charge in [-0.05, 0) is 66.3 Å². The van der Waals surface area contributed by atoms with E-state index in [0.717, 1.165) is 33.8 Å². The number of aldehydes is 1. The number of benzene rings is 1. The number of anilines is 1. The first-order valence-corrected chi connectivity index (χ1v) is 14.7. The molecule has 2 aromatic heterocycles. The molecule has 0 radical (unpaired) electrons. The van der Waals surface area contributed by atoms with E-state index < -0.39 is 16.5 Å². The fourth-order valence-electron chi connectivity index (χ4n) is 4.56. The number of aromatic nitrogens is 4. The molecule has 38 heavy (non-hydrogen) atoms. The second-order valence-corrected chi connectivity index (χ2v) is 11.9. The number of nitrogens with zero attached hydrogens (tertiary/aromatic N) is 5. The van der Waals surface area contributed by atoms with Crippen LogP contribution in [0.2, 0.25) is 0 Å². The Morgan fingerprint density at radius 1 is 1.26 bits per heavy atom. The van der Waals surface area contributed by atoms with E-state index in [4.69, 9.17) is 24.7 Å². The number of carbonyl (C=O) groups is 1. The monoisotopic (exact) mass is 628 g/mol. The number of imidazole rings is 1. The zero-order chi connectivity index (χ0) is 26.9. The maximum atomic E-state index is 11.2. The number of aryl methyl sites for hydroxylation is 1. The average Bonchev–Trinajstić information content (AvgIpc) is 3.47. The van der Waals surface area contributed by atoms with Gasteiger partial charge in [0.25, 0.3) is 0 Å². The van der Waals surface area contributed by atoms with Crippen molar-refractivity contribution in [3.8, 4) is 11.5 Å². The molecule has 1 atom stereocenters. The van der Waals surface area contributed by atoms with Crippen molar-refractivity contribution in [3.63, 3.8) is 0 Å². The third kappa shape index (κ3) is 6.21. The molecule has 1 fully saturated rings. The Morgan fingerprint density at radius 3 is 2.71 bits per heavy atom. The summed E-state index contributed by atoms with van der Waals surface area (Å²) in [6, 6.07) is 3.78. The summed E-state index contributed by atoms with van der Waals surface area (Å²) in [6.07, 6.45) is 3.15. The summed E-state index contributed by atoms with van der Waals surface area (Å²) < 4.78 is 49.0. The highest BCUT2D eigenvalue weighted by Crippen LogP contribution is 2.43. The fourth-order valence-corrected chi connectivity index (χ4v) is 6.49. The van der Waals surface area contributed by atoms with Gasteiger partial charge in [0.15, 0.2) is 39.9 Å². The van der Waals surface area contributed by atoms with Crippen LogP contribution >= 0.6 is 27.7 Å². The molecule has 3 aromatic rings. The number of piperidine rings is 1. The Bertz CT molecular complexity index is 1450. The molecule has 1 aromatic carbocycles. The van der Waals surface area contributed by atoms with Crippen LogP contribution in [-0.4, -0.2) is 76.2 Å². The van der Waals surface area contributed by atoms with Crippen LogP contribution in [0.4, 0.5) is 5.82 Å². The lowest BCUT2D eigenvalue weighted by molar-refractivity contribution is -0.114. The maximum absolute atomic E-state index is 11.2. The third-order valence-electron chi connectivity index (χ3n) is 6.46. The molecule has 0 aliphatic carbocycles. The Hall–Kier alpha value is -2.50. The van der Waals surface area contributed by atoms with Crippen molar-refractivity contribution in [1.82, 2.24) is 24.4 Å². The minimum atomic E-state index is -4.69. The van der Waals surface area contributed by atoms with Crippen molar-refractivity contribution in [2.75, 3.05) is 32.2 Å². The number of hydrogen-bond donors (Lipinski definition) is 2. The highest BCUT2D eigenvalue weighted by molar-refractivity contribution is 9.10. The van der Waals surface area contributed by atoms with Gasteiger partial charge in [-0.2, -0.15) is 8.42 Å². The van der Waals surface area contributed by atoms with Crippen molar-refractivity contribution in [1.29, 1.82) is 0 Å². The minimum absolute atomic E-state index is 0.101. The van der Waals surface area contributed by atoms with E-state index >= 15 is 0 Å². The molecule has 3 N–H and O–H groups in total. The first kappa shape index (κ1) is 27.1. The molecule has 1 saturated heterocycles. The van der Waals surface area contributed by atoms with Gasteiger partial charge in [0, 0.05) is 22.5 Å². The van der Waals surface area contributed by atoms with Gasteiger partial charge < -0.3 is 29.5 Å². The summed E-state index contributed by atoms with van der Waals surface area (Å²) in [4.78, 5) is 27.3. The first-order chi connectivity index (χ1) is 18.2. The molecule has 2 aliphatic heterocycles. The van der Waals surface area contributed by atoms with E-state index in [-0.39, 0.29) is 13.3 Å². The standard InChI is InChI=1S/C22H25BrN6O7S2/c23-15-7-16-17(35-12-34-16)8-18(15)37-22-27-19-20(24)25-11-26-21(19)29(22)6-3-13-1-4-28(5-2-13)9-14(10-30)36-38(31,32)33/h7-8,10-11,13-14H,1-6,9,12H2,(H2,24,25,26)(H,31,32,33)/t14-/m0/s1. The Labute approximate surface area is 231 Å². The number of fused-ring (bicyclic) bond motifs is 2. The molecule has 16 heteroatoms. The minimum Gasteiger partial charge on any atom is -0.454 e. The van der Waals surface area contributed by atoms with Gasteiger partial charge in [0.2, 0.25) is 6.79 Å². The van der Waals surface area contributed by atoms with Crippen LogP contribution in [0.15, 0.2) is 33.0 Å². The Morgan fingerprint density at radius 2 is 2.00 bits per heavy atom. The summed E-state index contributed by atoms with van der Waals surface area (Å²) in [5.74, 6) is 2.06. The normalized spacial score (nSPS) is 17.2. The first-order valence-electron chi connectivity index (χ1n) is 11.8. The second-order valence-electron chi connectivity index (χ2n) is 8.95. The molecule has 2 aliphatic rings.